The highest BCUT2D eigenvalue weighted by Gasteiger charge is 2.28. The molecule has 0 radical (unpaired) electrons. The molecule has 0 aliphatic carbocycles. The van der Waals surface area contributed by atoms with Gasteiger partial charge in [-0.2, -0.15) is 0 Å². The van der Waals surface area contributed by atoms with Crippen molar-refractivity contribution in [3.05, 3.63) is 106 Å². The number of sulfone groups is 1. The fraction of sp³-hybridized carbons (Fsp3) is 0. The number of hydrogen-bond donors (Lipinski definition) is 0. The second kappa shape index (κ2) is 6.88. The highest BCUT2D eigenvalue weighted by molar-refractivity contribution is 7.91. The minimum atomic E-state index is -4.50. The van der Waals surface area contributed by atoms with E-state index in [1.54, 1.807) is 24.3 Å². The molecule has 160 valence electrons. The Morgan fingerprint density at radius 1 is 0.485 bits per heavy atom. The Hall–Kier alpha value is -4.23. The van der Waals surface area contributed by atoms with Crippen LogP contribution in [0.2, 0.25) is 0 Å². The third kappa shape index (κ3) is 3.05. The van der Waals surface area contributed by atoms with E-state index in [9.17, 15) is 18.0 Å². The van der Waals surface area contributed by atoms with Crippen molar-refractivity contribution in [1.82, 2.24) is 0 Å². The Morgan fingerprint density at radius 3 is 1.24 bits per heavy atom. The predicted molar refractivity (Wildman–Crippen MR) is 125 cm³/mol. The van der Waals surface area contributed by atoms with Gasteiger partial charge in [0.15, 0.2) is 9.79 Å². The Kier molecular flexibility index (Phi) is 4.06. The molecule has 0 saturated heterocycles. The lowest BCUT2D eigenvalue weighted by Gasteiger charge is -2.07. The number of hydrogen-bond acceptors (Lipinski definition) is 6. The molecule has 6 rings (SSSR count). The molecule has 6 aromatic rings. The van der Waals surface area contributed by atoms with Gasteiger partial charge in [0.2, 0.25) is 9.84 Å². The zero-order valence-electron chi connectivity index (χ0n) is 16.9. The molecule has 0 unspecified atom stereocenters. The quantitative estimate of drug-likeness (QED) is 0.269. The summed E-state index contributed by atoms with van der Waals surface area (Å²) in [6.45, 7) is 0. The standard InChI is InChI=1S/C26H14O6S/c27-25-23(13-19-9-15-5-1-3-7-17(15)11-21(19)31-25)33(29,30)24-14-20-10-16-6-2-4-8-18(16)12-22(20)32-26(24)28/h1-14H. The zero-order chi connectivity index (χ0) is 22.7. The first-order valence-electron chi connectivity index (χ1n) is 10.1. The van der Waals surface area contributed by atoms with Crippen LogP contribution < -0.4 is 11.3 Å². The Balaban J connectivity index is 1.59. The van der Waals surface area contributed by atoms with Crippen LogP contribution in [-0.4, -0.2) is 8.42 Å². The van der Waals surface area contributed by atoms with Gasteiger partial charge in [0.25, 0.3) is 0 Å². The lowest BCUT2D eigenvalue weighted by Crippen LogP contribution is -2.20. The summed E-state index contributed by atoms with van der Waals surface area (Å²) >= 11 is 0. The van der Waals surface area contributed by atoms with Crippen LogP contribution in [0.5, 0.6) is 0 Å². The molecule has 0 fully saturated rings. The normalized spacial score (nSPS) is 12.1. The van der Waals surface area contributed by atoms with Crippen LogP contribution >= 0.6 is 0 Å². The van der Waals surface area contributed by atoms with Crippen molar-refractivity contribution in [2.24, 2.45) is 0 Å². The average Bonchev–Trinajstić information content (AvgIpc) is 2.80. The first-order chi connectivity index (χ1) is 15.9. The molecule has 2 aromatic heterocycles. The van der Waals surface area contributed by atoms with Crippen LogP contribution in [-0.2, 0) is 9.84 Å². The van der Waals surface area contributed by atoms with E-state index in [0.29, 0.717) is 10.8 Å². The van der Waals surface area contributed by atoms with Gasteiger partial charge in [0.1, 0.15) is 11.2 Å². The van der Waals surface area contributed by atoms with E-state index < -0.39 is 30.9 Å². The fourth-order valence-corrected chi connectivity index (χ4v) is 5.39. The Labute approximate surface area is 186 Å². The highest BCUT2D eigenvalue weighted by Crippen LogP contribution is 2.27. The summed E-state index contributed by atoms with van der Waals surface area (Å²) in [4.78, 5) is 24.1. The summed E-state index contributed by atoms with van der Waals surface area (Å²) in [5.41, 5.74) is -1.57. The molecular formula is C26H14O6S. The van der Waals surface area contributed by atoms with Crippen molar-refractivity contribution in [1.29, 1.82) is 0 Å². The summed E-state index contributed by atoms with van der Waals surface area (Å²) in [7, 11) is -4.50. The molecule has 2 heterocycles. The average molecular weight is 454 g/mol. The monoisotopic (exact) mass is 454 g/mol. The van der Waals surface area contributed by atoms with E-state index in [4.69, 9.17) is 8.83 Å². The van der Waals surface area contributed by atoms with Crippen LogP contribution in [0.4, 0.5) is 0 Å². The summed E-state index contributed by atoms with van der Waals surface area (Å²) < 4.78 is 37.4. The predicted octanol–water partition coefficient (Wildman–Crippen LogP) is 5.04. The Bertz CT molecular complexity index is 1840. The molecule has 6 nitrogen and oxygen atoms in total. The van der Waals surface area contributed by atoms with E-state index >= 15 is 0 Å². The van der Waals surface area contributed by atoms with E-state index in [2.05, 4.69) is 0 Å². The SMILES string of the molecule is O=c1oc2cc3ccccc3cc2cc1S(=O)(=O)c1cc2cc3ccccc3cc2oc1=O. The number of fused-ring (bicyclic) bond motifs is 4. The molecule has 33 heavy (non-hydrogen) atoms. The van der Waals surface area contributed by atoms with Crippen LogP contribution in [0.3, 0.4) is 0 Å². The van der Waals surface area contributed by atoms with Gasteiger partial charge in [-0.1, -0.05) is 48.5 Å². The first kappa shape index (κ1) is 19.5. The smallest absolute Gasteiger partial charge is 0.355 e. The molecule has 0 spiro atoms. The third-order valence-corrected chi connectivity index (χ3v) is 7.44. The van der Waals surface area contributed by atoms with Crippen molar-refractivity contribution >= 4 is 53.3 Å². The van der Waals surface area contributed by atoms with Gasteiger partial charge in [-0.15, -0.1) is 0 Å². The van der Waals surface area contributed by atoms with Crippen LogP contribution in [0, 0.1) is 0 Å². The molecule has 0 amide bonds. The van der Waals surface area contributed by atoms with Crippen LogP contribution in [0.25, 0.3) is 43.5 Å². The summed E-state index contributed by atoms with van der Waals surface area (Å²) in [6.07, 6.45) is 0. The first-order valence-corrected chi connectivity index (χ1v) is 11.6. The molecule has 0 aliphatic heterocycles. The highest BCUT2D eigenvalue weighted by atomic mass is 32.2. The minimum Gasteiger partial charge on any atom is -0.422 e. The van der Waals surface area contributed by atoms with Gasteiger partial charge in [-0.05, 0) is 57.9 Å². The lowest BCUT2D eigenvalue weighted by molar-refractivity contribution is 0.521. The van der Waals surface area contributed by atoms with Crippen LogP contribution in [0.15, 0.2) is 113 Å². The molecule has 4 aromatic carbocycles. The van der Waals surface area contributed by atoms with Crippen molar-refractivity contribution in [3.63, 3.8) is 0 Å². The summed E-state index contributed by atoms with van der Waals surface area (Å²) in [5, 5.41) is 4.29. The summed E-state index contributed by atoms with van der Waals surface area (Å²) in [6, 6.07) is 24.2. The molecule has 0 aliphatic rings. The van der Waals surface area contributed by atoms with E-state index in [0.717, 1.165) is 21.5 Å². The fourth-order valence-electron chi connectivity index (χ4n) is 4.07. The molecule has 0 bridgehead atoms. The second-order valence-corrected chi connectivity index (χ2v) is 9.66. The van der Waals surface area contributed by atoms with Gasteiger partial charge in [-0.25, -0.2) is 18.0 Å². The van der Waals surface area contributed by atoms with E-state index in [1.807, 2.05) is 48.5 Å². The minimum absolute atomic E-state index is 0.259. The third-order valence-electron chi connectivity index (χ3n) is 5.72. The van der Waals surface area contributed by atoms with Crippen molar-refractivity contribution in [2.45, 2.75) is 9.79 Å². The van der Waals surface area contributed by atoms with E-state index in [-0.39, 0.29) is 11.2 Å². The molecule has 0 atom stereocenters. The van der Waals surface area contributed by atoms with Crippen molar-refractivity contribution in [2.75, 3.05) is 0 Å². The van der Waals surface area contributed by atoms with Crippen molar-refractivity contribution in [3.8, 4) is 0 Å². The van der Waals surface area contributed by atoms with Gasteiger partial charge >= 0.3 is 11.3 Å². The molecule has 0 N–H and O–H groups in total. The number of rotatable bonds is 2. The topological polar surface area (TPSA) is 94.6 Å². The van der Waals surface area contributed by atoms with Gasteiger partial charge in [0, 0.05) is 10.8 Å². The number of benzene rings is 4. The molecular weight excluding hydrogens is 440 g/mol. The molecule has 7 heteroatoms. The largest absolute Gasteiger partial charge is 0.422 e. The Morgan fingerprint density at radius 2 is 0.848 bits per heavy atom. The second-order valence-electron chi connectivity index (χ2n) is 7.77. The van der Waals surface area contributed by atoms with Crippen molar-refractivity contribution < 1.29 is 17.3 Å². The zero-order valence-corrected chi connectivity index (χ0v) is 17.8. The lowest BCUT2D eigenvalue weighted by atomic mass is 10.1. The molecule has 0 saturated carbocycles. The van der Waals surface area contributed by atoms with Gasteiger partial charge in [-0.3, -0.25) is 0 Å². The maximum atomic E-state index is 13.4. The summed E-state index contributed by atoms with van der Waals surface area (Å²) in [5.74, 6) is 0. The van der Waals surface area contributed by atoms with Gasteiger partial charge < -0.3 is 8.83 Å². The van der Waals surface area contributed by atoms with Gasteiger partial charge in [0.05, 0.1) is 0 Å². The maximum absolute atomic E-state index is 13.4. The van der Waals surface area contributed by atoms with E-state index in [1.165, 1.54) is 12.1 Å². The van der Waals surface area contributed by atoms with Crippen LogP contribution in [0.1, 0.15) is 0 Å². The maximum Gasteiger partial charge on any atom is 0.355 e.